The zero-order chi connectivity index (χ0) is 18.1. The van der Waals surface area contributed by atoms with E-state index in [1.165, 1.54) is 13.1 Å². The van der Waals surface area contributed by atoms with Crippen molar-refractivity contribution in [3.05, 3.63) is 58.3 Å². The number of likely N-dealkylation sites (N-methyl/N-ethyl adjacent to an activating group) is 2. The summed E-state index contributed by atoms with van der Waals surface area (Å²) in [6, 6.07) is 6.12. The highest BCUT2D eigenvalue weighted by Gasteiger charge is 2.18. The lowest BCUT2D eigenvalue weighted by Crippen LogP contribution is -2.35. The lowest BCUT2D eigenvalue weighted by atomic mass is 10.2. The number of benzene rings is 1. The first-order chi connectivity index (χ1) is 11.4. The Morgan fingerprint density at radius 1 is 1.29 bits per heavy atom. The van der Waals surface area contributed by atoms with Crippen molar-refractivity contribution in [2.75, 3.05) is 13.6 Å². The third kappa shape index (κ3) is 5.69. The summed E-state index contributed by atoms with van der Waals surface area (Å²) in [7, 11) is 1.43. The lowest BCUT2D eigenvalue weighted by Gasteiger charge is -2.15. The normalized spacial score (nSPS) is 11.2. The van der Waals surface area contributed by atoms with E-state index in [4.69, 9.17) is 4.74 Å². The second-order valence-corrected chi connectivity index (χ2v) is 5.29. The third-order valence-electron chi connectivity index (χ3n) is 2.85. The van der Waals surface area contributed by atoms with Crippen molar-refractivity contribution in [2.24, 2.45) is 0 Å². The molecule has 3 N–H and O–H groups in total. The number of hydrogen-bond donors (Lipinski definition) is 3. The molecule has 0 heterocycles. The fourth-order valence-corrected chi connectivity index (χ4v) is 2.02. The molecule has 0 aromatic heterocycles. The average molecular weight is 400 g/mol. The zero-order valence-electron chi connectivity index (χ0n) is 13.4. The molecule has 0 aliphatic heterocycles. The number of halogens is 2. The second-order valence-electron chi connectivity index (χ2n) is 4.57. The molecule has 0 saturated carbocycles. The van der Waals surface area contributed by atoms with Crippen LogP contribution >= 0.6 is 15.9 Å². The number of carbonyl (C=O) groups excluding carboxylic acids is 2. The van der Waals surface area contributed by atoms with Crippen LogP contribution in [0.1, 0.15) is 12.5 Å². The summed E-state index contributed by atoms with van der Waals surface area (Å²) >= 11 is 3.12. The van der Waals surface area contributed by atoms with Crippen molar-refractivity contribution in [1.29, 1.82) is 0 Å². The first-order valence-corrected chi connectivity index (χ1v) is 7.92. The molecule has 1 rings (SSSR count). The largest absolute Gasteiger partial charge is 0.480 e. The average Bonchev–Trinajstić information content (AvgIpc) is 2.58. The molecular formula is C16H19BrFN3O3. The Balaban J connectivity index is 2.90. The number of ether oxygens (including phenoxy) is 1. The molecule has 0 fully saturated rings. The molecule has 0 aliphatic carbocycles. The van der Waals surface area contributed by atoms with Gasteiger partial charge in [0.05, 0.1) is 5.70 Å². The molecule has 6 nitrogen and oxygen atoms in total. The molecule has 0 saturated heterocycles. The maximum atomic E-state index is 13.6. The molecule has 8 heteroatoms. The molecule has 0 radical (unpaired) electrons. The van der Waals surface area contributed by atoms with Crippen LogP contribution in [0.4, 0.5) is 4.39 Å². The lowest BCUT2D eigenvalue weighted by molar-refractivity contribution is -0.118. The Morgan fingerprint density at radius 2 is 1.96 bits per heavy atom. The molecule has 130 valence electrons. The van der Waals surface area contributed by atoms with Gasteiger partial charge in [-0.05, 0) is 28.9 Å². The molecule has 0 bridgehead atoms. The second kappa shape index (κ2) is 9.71. The van der Waals surface area contributed by atoms with Crippen LogP contribution in [0.25, 0.3) is 0 Å². The topological polar surface area (TPSA) is 79.5 Å². The Morgan fingerprint density at radius 3 is 2.54 bits per heavy atom. The number of rotatable bonds is 8. The van der Waals surface area contributed by atoms with Gasteiger partial charge in [-0.25, -0.2) is 4.39 Å². The van der Waals surface area contributed by atoms with Crippen LogP contribution in [0, 0.1) is 5.82 Å². The van der Waals surface area contributed by atoms with Gasteiger partial charge in [0.25, 0.3) is 11.8 Å². The van der Waals surface area contributed by atoms with E-state index in [0.717, 1.165) is 0 Å². The van der Waals surface area contributed by atoms with E-state index in [1.54, 1.807) is 25.1 Å². The van der Waals surface area contributed by atoms with Gasteiger partial charge >= 0.3 is 0 Å². The molecule has 2 amide bonds. The van der Waals surface area contributed by atoms with Crippen molar-refractivity contribution in [3.63, 3.8) is 0 Å². The monoisotopic (exact) mass is 399 g/mol. The summed E-state index contributed by atoms with van der Waals surface area (Å²) in [4.78, 5) is 23.7. The standard InChI is InChI=1S/C16H19BrFN3O3/c1-4-20-15(22)10(2)21-13(16(23)19-3)14(17)24-9-11-7-5-6-8-12(11)18/h5-8,21H,2,4,9H2,1,3H3,(H,19,23)(H,20,22)/b14-13+. The smallest absolute Gasteiger partial charge is 0.271 e. The maximum absolute atomic E-state index is 13.6. The van der Waals surface area contributed by atoms with Gasteiger partial charge in [0, 0.05) is 19.2 Å². The van der Waals surface area contributed by atoms with Gasteiger partial charge in [0.2, 0.25) is 0 Å². The Labute approximate surface area is 148 Å². The highest BCUT2D eigenvalue weighted by Crippen LogP contribution is 2.17. The summed E-state index contributed by atoms with van der Waals surface area (Å²) in [5, 5.41) is 7.56. The highest BCUT2D eigenvalue weighted by molar-refractivity contribution is 9.11. The highest BCUT2D eigenvalue weighted by atomic mass is 79.9. The predicted octanol–water partition coefficient (Wildman–Crippen LogP) is 1.89. The van der Waals surface area contributed by atoms with E-state index in [2.05, 4.69) is 38.5 Å². The molecule has 0 atom stereocenters. The van der Waals surface area contributed by atoms with Gasteiger partial charge in [0.15, 0.2) is 10.4 Å². The van der Waals surface area contributed by atoms with Crippen molar-refractivity contribution in [2.45, 2.75) is 13.5 Å². The van der Waals surface area contributed by atoms with Gasteiger partial charge < -0.3 is 20.7 Å². The minimum atomic E-state index is -0.527. The number of hydrogen-bond acceptors (Lipinski definition) is 4. The minimum Gasteiger partial charge on any atom is -0.480 e. The SMILES string of the molecule is C=C(N/C(C(=O)NC)=C(\Br)OCc1ccccc1F)C(=O)NCC. The molecule has 0 aliphatic rings. The van der Waals surface area contributed by atoms with Crippen molar-refractivity contribution in [1.82, 2.24) is 16.0 Å². The molecule has 1 aromatic carbocycles. The van der Waals surface area contributed by atoms with Crippen LogP contribution in [0.15, 0.2) is 46.9 Å². The van der Waals surface area contributed by atoms with E-state index in [1.807, 2.05) is 0 Å². The van der Waals surface area contributed by atoms with Crippen LogP contribution in [0.5, 0.6) is 0 Å². The maximum Gasteiger partial charge on any atom is 0.271 e. The number of nitrogens with one attached hydrogen (secondary N) is 3. The van der Waals surface area contributed by atoms with E-state index >= 15 is 0 Å². The molecule has 1 aromatic rings. The van der Waals surface area contributed by atoms with Gasteiger partial charge in [-0.1, -0.05) is 24.8 Å². The predicted molar refractivity (Wildman–Crippen MR) is 92.2 cm³/mol. The summed E-state index contributed by atoms with van der Waals surface area (Å²) in [6.45, 7) is 5.65. The first kappa shape index (κ1) is 19.7. The van der Waals surface area contributed by atoms with Crippen molar-refractivity contribution < 1.29 is 18.7 Å². The Hall–Kier alpha value is -2.35. The van der Waals surface area contributed by atoms with E-state index in [9.17, 15) is 14.0 Å². The first-order valence-electron chi connectivity index (χ1n) is 7.12. The van der Waals surface area contributed by atoms with Crippen LogP contribution in [0.2, 0.25) is 0 Å². The molecule has 0 unspecified atom stereocenters. The van der Waals surface area contributed by atoms with Crippen molar-refractivity contribution in [3.8, 4) is 0 Å². The zero-order valence-corrected chi connectivity index (χ0v) is 15.0. The number of amides is 2. The van der Waals surface area contributed by atoms with Crippen LogP contribution in [-0.2, 0) is 20.9 Å². The number of carbonyl (C=O) groups is 2. The fourth-order valence-electron chi connectivity index (χ4n) is 1.62. The van der Waals surface area contributed by atoms with Gasteiger partial charge in [-0.15, -0.1) is 0 Å². The van der Waals surface area contributed by atoms with E-state index in [-0.39, 0.29) is 22.7 Å². The summed E-state index contributed by atoms with van der Waals surface area (Å²) in [6.07, 6.45) is 0. The fraction of sp³-hybridized carbons (Fsp3) is 0.250. The van der Waals surface area contributed by atoms with Crippen LogP contribution in [0.3, 0.4) is 0 Å². The summed E-state index contributed by atoms with van der Waals surface area (Å²) in [5.41, 5.74) is 0.250. The Kier molecular flexibility index (Phi) is 7.97. The Bertz CT molecular complexity index is 662. The molecular weight excluding hydrogens is 381 g/mol. The molecule has 24 heavy (non-hydrogen) atoms. The quantitative estimate of drug-likeness (QED) is 0.460. The molecule has 0 spiro atoms. The van der Waals surface area contributed by atoms with Gasteiger partial charge in [-0.2, -0.15) is 0 Å². The minimum absolute atomic E-state index is 0.0237. The van der Waals surface area contributed by atoms with Crippen LogP contribution < -0.4 is 16.0 Å². The summed E-state index contributed by atoms with van der Waals surface area (Å²) in [5.74, 6) is -1.40. The van der Waals surface area contributed by atoms with E-state index < -0.39 is 17.6 Å². The van der Waals surface area contributed by atoms with Gasteiger partial charge in [-0.3, -0.25) is 9.59 Å². The van der Waals surface area contributed by atoms with Crippen molar-refractivity contribution >= 4 is 27.7 Å². The van der Waals surface area contributed by atoms with E-state index in [0.29, 0.717) is 12.1 Å². The van der Waals surface area contributed by atoms with Gasteiger partial charge in [0.1, 0.15) is 12.4 Å². The van der Waals surface area contributed by atoms with Crippen LogP contribution in [-0.4, -0.2) is 25.4 Å². The summed E-state index contributed by atoms with van der Waals surface area (Å²) < 4.78 is 19.0. The third-order valence-corrected chi connectivity index (χ3v) is 3.48.